The Hall–Kier alpha value is -1.63. The van der Waals surface area contributed by atoms with Gasteiger partial charge in [-0.05, 0) is 27.7 Å². The lowest BCUT2D eigenvalue weighted by atomic mass is 10.2. The second kappa shape index (κ2) is 6.01. The maximum Gasteiger partial charge on any atom is 0.408 e. The van der Waals surface area contributed by atoms with Gasteiger partial charge in [0, 0.05) is 5.38 Å². The van der Waals surface area contributed by atoms with E-state index < -0.39 is 11.7 Å². The molecule has 0 aromatic carbocycles. The van der Waals surface area contributed by atoms with Crippen molar-refractivity contribution >= 4 is 23.3 Å². The predicted octanol–water partition coefficient (Wildman–Crippen LogP) is 2.70. The predicted molar refractivity (Wildman–Crippen MR) is 73.7 cm³/mol. The number of hydrogen-bond acceptors (Lipinski definition) is 6. The molecule has 19 heavy (non-hydrogen) atoms. The summed E-state index contributed by atoms with van der Waals surface area (Å²) < 4.78 is 9.96. The van der Waals surface area contributed by atoms with Crippen molar-refractivity contribution in [1.29, 1.82) is 5.41 Å². The van der Waals surface area contributed by atoms with E-state index >= 15 is 0 Å². The number of rotatable bonds is 3. The molecule has 6 nitrogen and oxygen atoms in total. The third-order valence-corrected chi connectivity index (χ3v) is 3.09. The lowest BCUT2D eigenvalue weighted by Crippen LogP contribution is -2.34. The number of methoxy groups -OCH3 is 1. The minimum absolute atomic E-state index is 0.00645. The molecule has 1 aromatic heterocycles. The van der Waals surface area contributed by atoms with Crippen molar-refractivity contribution in [2.45, 2.75) is 39.3 Å². The minimum Gasteiger partial charge on any atom is -0.480 e. The first kappa shape index (κ1) is 15.4. The molecule has 2 N–H and O–H groups in total. The van der Waals surface area contributed by atoms with Crippen LogP contribution in [-0.2, 0) is 9.47 Å². The number of nitrogens with zero attached hydrogens (tertiary/aromatic N) is 1. The van der Waals surface area contributed by atoms with E-state index in [1.807, 2.05) is 6.92 Å². The van der Waals surface area contributed by atoms with Crippen molar-refractivity contribution in [1.82, 2.24) is 10.3 Å². The van der Waals surface area contributed by atoms with Gasteiger partial charge in [0.15, 0.2) is 0 Å². The Kier molecular flexibility index (Phi) is 4.88. The molecular formula is C12H19N3O3S. The van der Waals surface area contributed by atoms with Crippen LogP contribution in [0.3, 0.4) is 0 Å². The smallest absolute Gasteiger partial charge is 0.408 e. The molecular weight excluding hydrogens is 266 g/mol. The SMILES string of the molecule is COC(=N)c1csc([C@@H](C)NC(=O)OC(C)(C)C)n1. The molecule has 0 aliphatic heterocycles. The van der Waals surface area contributed by atoms with Gasteiger partial charge in [-0.3, -0.25) is 5.41 Å². The summed E-state index contributed by atoms with van der Waals surface area (Å²) in [6, 6.07) is -0.279. The number of hydrogen-bond donors (Lipinski definition) is 2. The minimum atomic E-state index is -0.532. The Bertz CT molecular complexity index is 465. The van der Waals surface area contributed by atoms with Gasteiger partial charge in [-0.2, -0.15) is 0 Å². The zero-order valence-corrected chi connectivity index (χ0v) is 12.6. The quantitative estimate of drug-likeness (QED) is 0.660. The summed E-state index contributed by atoms with van der Waals surface area (Å²) in [7, 11) is 1.42. The maximum atomic E-state index is 11.6. The topological polar surface area (TPSA) is 84.3 Å². The number of nitrogens with one attached hydrogen (secondary N) is 2. The second-order valence-electron chi connectivity index (χ2n) is 4.97. The van der Waals surface area contributed by atoms with Gasteiger partial charge in [0.2, 0.25) is 5.90 Å². The van der Waals surface area contributed by atoms with Gasteiger partial charge >= 0.3 is 6.09 Å². The fraction of sp³-hybridized carbons (Fsp3) is 0.583. The number of aromatic nitrogens is 1. The molecule has 1 heterocycles. The van der Waals surface area contributed by atoms with Crippen LogP contribution in [-0.4, -0.2) is 29.7 Å². The molecule has 1 atom stereocenters. The van der Waals surface area contributed by atoms with Crippen LogP contribution in [0.1, 0.15) is 44.4 Å². The number of amides is 1. The molecule has 0 spiro atoms. The molecule has 0 fully saturated rings. The van der Waals surface area contributed by atoms with Gasteiger partial charge in [0.1, 0.15) is 16.3 Å². The molecule has 0 saturated heterocycles. The highest BCUT2D eigenvalue weighted by atomic mass is 32.1. The van der Waals surface area contributed by atoms with Crippen LogP contribution in [0.25, 0.3) is 0 Å². The Morgan fingerprint density at radius 2 is 2.16 bits per heavy atom. The van der Waals surface area contributed by atoms with Gasteiger partial charge in [-0.25, -0.2) is 9.78 Å². The van der Waals surface area contributed by atoms with Crippen LogP contribution in [0.2, 0.25) is 0 Å². The van der Waals surface area contributed by atoms with E-state index in [-0.39, 0.29) is 11.9 Å². The van der Waals surface area contributed by atoms with E-state index in [1.54, 1.807) is 26.2 Å². The van der Waals surface area contributed by atoms with Gasteiger partial charge in [0.25, 0.3) is 0 Å². The van der Waals surface area contributed by atoms with E-state index in [1.165, 1.54) is 18.4 Å². The highest BCUT2D eigenvalue weighted by molar-refractivity contribution is 7.09. The number of alkyl carbamates (subject to hydrolysis) is 1. The fourth-order valence-corrected chi connectivity index (χ4v) is 2.05. The highest BCUT2D eigenvalue weighted by Crippen LogP contribution is 2.19. The Balaban J connectivity index is 2.63. The summed E-state index contributed by atoms with van der Waals surface area (Å²) in [6.45, 7) is 7.22. The molecule has 0 saturated carbocycles. The van der Waals surface area contributed by atoms with Crippen molar-refractivity contribution in [2.75, 3.05) is 7.11 Å². The molecule has 0 bridgehead atoms. The van der Waals surface area contributed by atoms with Crippen LogP contribution in [0.5, 0.6) is 0 Å². The molecule has 1 amide bonds. The van der Waals surface area contributed by atoms with E-state index in [4.69, 9.17) is 14.9 Å². The molecule has 0 radical (unpaired) electrons. The van der Waals surface area contributed by atoms with Crippen molar-refractivity contribution in [3.05, 3.63) is 16.1 Å². The second-order valence-corrected chi connectivity index (χ2v) is 5.86. The van der Waals surface area contributed by atoms with Crippen molar-refractivity contribution in [3.63, 3.8) is 0 Å². The van der Waals surface area contributed by atoms with Crippen molar-refractivity contribution < 1.29 is 14.3 Å². The normalized spacial score (nSPS) is 12.7. The van der Waals surface area contributed by atoms with Crippen LogP contribution in [0.15, 0.2) is 5.38 Å². The first-order valence-electron chi connectivity index (χ1n) is 5.81. The Morgan fingerprint density at radius 3 is 2.68 bits per heavy atom. The van der Waals surface area contributed by atoms with E-state index in [0.717, 1.165) is 0 Å². The van der Waals surface area contributed by atoms with Gasteiger partial charge < -0.3 is 14.8 Å². The number of ether oxygens (including phenoxy) is 2. The summed E-state index contributed by atoms with van der Waals surface area (Å²) in [5.41, 5.74) is -0.0731. The van der Waals surface area contributed by atoms with Crippen LogP contribution in [0, 0.1) is 5.41 Å². The molecule has 1 rings (SSSR count). The number of carbonyl (C=O) groups excluding carboxylic acids is 1. The molecule has 106 valence electrons. The third kappa shape index (κ3) is 4.86. The summed E-state index contributed by atoms with van der Waals surface area (Å²) in [5, 5.41) is 12.6. The lowest BCUT2D eigenvalue weighted by molar-refractivity contribution is 0.0508. The van der Waals surface area contributed by atoms with Gasteiger partial charge in [-0.15, -0.1) is 11.3 Å². The summed E-state index contributed by atoms with van der Waals surface area (Å²) in [6.07, 6.45) is -0.487. The Labute approximate surface area is 116 Å². The Morgan fingerprint density at radius 1 is 1.53 bits per heavy atom. The molecule has 7 heteroatoms. The molecule has 0 aliphatic carbocycles. The van der Waals surface area contributed by atoms with Gasteiger partial charge in [0.05, 0.1) is 13.2 Å². The summed E-state index contributed by atoms with van der Waals surface area (Å²) in [5.74, 6) is 0.00645. The maximum absolute atomic E-state index is 11.6. The third-order valence-electron chi connectivity index (χ3n) is 2.06. The molecule has 1 aromatic rings. The van der Waals surface area contributed by atoms with Crippen molar-refractivity contribution in [3.8, 4) is 0 Å². The monoisotopic (exact) mass is 285 g/mol. The first-order chi connectivity index (χ1) is 8.73. The van der Waals surface area contributed by atoms with E-state index in [0.29, 0.717) is 10.7 Å². The standard InChI is InChI=1S/C12H19N3O3S/c1-7(14-11(16)18-12(2,3)4)10-15-8(6-19-10)9(13)17-5/h6-7,13H,1-5H3,(H,14,16)/t7-/m1/s1. The van der Waals surface area contributed by atoms with Crippen LogP contribution < -0.4 is 5.32 Å². The zero-order valence-electron chi connectivity index (χ0n) is 11.7. The van der Waals surface area contributed by atoms with Gasteiger partial charge in [-0.1, -0.05) is 0 Å². The number of thiazole rings is 1. The van der Waals surface area contributed by atoms with E-state index in [2.05, 4.69) is 10.3 Å². The average molecular weight is 285 g/mol. The lowest BCUT2D eigenvalue weighted by Gasteiger charge is -2.21. The number of carbonyl (C=O) groups is 1. The molecule has 0 aliphatic rings. The highest BCUT2D eigenvalue weighted by Gasteiger charge is 2.20. The van der Waals surface area contributed by atoms with Crippen LogP contribution in [0.4, 0.5) is 4.79 Å². The first-order valence-corrected chi connectivity index (χ1v) is 6.68. The summed E-state index contributed by atoms with van der Waals surface area (Å²) >= 11 is 1.36. The van der Waals surface area contributed by atoms with Crippen molar-refractivity contribution in [2.24, 2.45) is 0 Å². The van der Waals surface area contributed by atoms with E-state index in [9.17, 15) is 4.79 Å². The largest absolute Gasteiger partial charge is 0.480 e. The molecule has 0 unspecified atom stereocenters. The summed E-state index contributed by atoms with van der Waals surface area (Å²) in [4.78, 5) is 15.8. The fourth-order valence-electron chi connectivity index (χ4n) is 1.24. The van der Waals surface area contributed by atoms with Crippen LogP contribution >= 0.6 is 11.3 Å². The average Bonchev–Trinajstić information content (AvgIpc) is 2.74. The zero-order chi connectivity index (χ0) is 14.6.